The molecule has 3 rings (SSSR count). The molecule has 4 nitrogen and oxygen atoms in total. The molecule has 0 aliphatic carbocycles. The maximum atomic E-state index is 13.1. The topological polar surface area (TPSA) is 55.1 Å². The molecule has 3 aromatic rings. The average molecular weight is 356 g/mol. The van der Waals surface area contributed by atoms with Crippen LogP contribution < -0.4 is 5.32 Å². The first-order valence-electron chi connectivity index (χ1n) is 8.32. The summed E-state index contributed by atoms with van der Waals surface area (Å²) in [5.74, 6) is 0.261. The summed E-state index contributed by atoms with van der Waals surface area (Å²) in [6.45, 7) is 0.439. The van der Waals surface area contributed by atoms with Gasteiger partial charge in [0.05, 0.1) is 6.20 Å². The molecule has 26 heavy (non-hydrogen) atoms. The highest BCUT2D eigenvalue weighted by Gasteiger charge is 2.09. The van der Waals surface area contributed by atoms with Crippen molar-refractivity contribution < 1.29 is 18.0 Å². The number of rotatable bonds is 7. The van der Waals surface area contributed by atoms with Crippen LogP contribution >= 0.6 is 0 Å². The molecule has 0 fully saturated rings. The van der Waals surface area contributed by atoms with Crippen LogP contribution in [0.4, 0.5) is 8.78 Å². The van der Waals surface area contributed by atoms with Crippen molar-refractivity contribution in [1.29, 1.82) is 0 Å². The van der Waals surface area contributed by atoms with Crippen molar-refractivity contribution in [2.75, 3.05) is 6.54 Å². The Balaban J connectivity index is 1.44. The Bertz CT molecular complexity index is 876. The molecule has 0 saturated carbocycles. The number of aryl methyl sites for hydroxylation is 1. The van der Waals surface area contributed by atoms with E-state index in [1.165, 1.54) is 24.3 Å². The Morgan fingerprint density at radius 1 is 1.04 bits per heavy atom. The summed E-state index contributed by atoms with van der Waals surface area (Å²) in [5, 5.41) is 2.79. The number of aromatic nitrogens is 1. The molecule has 0 spiro atoms. The molecule has 1 amide bonds. The van der Waals surface area contributed by atoms with Gasteiger partial charge in [0.1, 0.15) is 11.6 Å². The minimum Gasteiger partial charge on any atom is -0.441 e. The van der Waals surface area contributed by atoms with Crippen LogP contribution in [-0.4, -0.2) is 17.4 Å². The van der Waals surface area contributed by atoms with Gasteiger partial charge >= 0.3 is 0 Å². The zero-order chi connectivity index (χ0) is 18.4. The number of halogens is 2. The van der Waals surface area contributed by atoms with E-state index in [1.807, 2.05) is 6.07 Å². The van der Waals surface area contributed by atoms with E-state index >= 15 is 0 Å². The smallest absolute Gasteiger partial charge is 0.220 e. The van der Waals surface area contributed by atoms with Gasteiger partial charge in [-0.05, 0) is 48.4 Å². The van der Waals surface area contributed by atoms with E-state index in [0.717, 1.165) is 11.1 Å². The number of nitrogens with one attached hydrogen (secondary N) is 1. The van der Waals surface area contributed by atoms with Crippen molar-refractivity contribution in [3.63, 3.8) is 0 Å². The van der Waals surface area contributed by atoms with Crippen LogP contribution in [0, 0.1) is 11.6 Å². The lowest BCUT2D eigenvalue weighted by Crippen LogP contribution is -2.25. The fraction of sp³-hybridized carbons (Fsp3) is 0.200. The molecular formula is C20H18F2N2O2. The van der Waals surface area contributed by atoms with E-state index < -0.39 is 0 Å². The first-order chi connectivity index (χ1) is 12.6. The molecular weight excluding hydrogens is 338 g/mol. The lowest BCUT2D eigenvalue weighted by atomic mass is 10.1. The van der Waals surface area contributed by atoms with Gasteiger partial charge in [0.25, 0.3) is 0 Å². The summed E-state index contributed by atoms with van der Waals surface area (Å²) in [6, 6.07) is 12.2. The quantitative estimate of drug-likeness (QED) is 0.698. The van der Waals surface area contributed by atoms with E-state index in [2.05, 4.69) is 10.3 Å². The van der Waals surface area contributed by atoms with E-state index in [1.54, 1.807) is 24.4 Å². The fourth-order valence-corrected chi connectivity index (χ4v) is 2.52. The van der Waals surface area contributed by atoms with Crippen LogP contribution in [0.1, 0.15) is 17.9 Å². The number of carbonyl (C=O) groups excluding carboxylic acids is 1. The van der Waals surface area contributed by atoms with Crippen LogP contribution in [0.3, 0.4) is 0 Å². The lowest BCUT2D eigenvalue weighted by Gasteiger charge is -2.04. The minimum atomic E-state index is -0.316. The zero-order valence-corrected chi connectivity index (χ0v) is 14.0. The van der Waals surface area contributed by atoms with Crippen molar-refractivity contribution in [2.45, 2.75) is 19.3 Å². The van der Waals surface area contributed by atoms with Gasteiger partial charge in [0.2, 0.25) is 5.91 Å². The summed E-state index contributed by atoms with van der Waals surface area (Å²) >= 11 is 0. The number of nitrogens with zero attached hydrogens (tertiary/aromatic N) is 1. The number of carbonyl (C=O) groups is 1. The van der Waals surface area contributed by atoms with E-state index in [-0.39, 0.29) is 24.0 Å². The van der Waals surface area contributed by atoms with Crippen LogP contribution in [0.15, 0.2) is 59.1 Å². The van der Waals surface area contributed by atoms with Gasteiger partial charge in [-0.15, -0.1) is 0 Å². The Hall–Kier alpha value is -3.02. The molecule has 6 heteroatoms. The van der Waals surface area contributed by atoms with E-state index in [9.17, 15) is 13.6 Å². The van der Waals surface area contributed by atoms with Crippen LogP contribution in [0.25, 0.3) is 11.3 Å². The molecule has 0 bridgehead atoms. The molecule has 2 aromatic carbocycles. The number of oxazole rings is 1. The second kappa shape index (κ2) is 8.38. The SMILES string of the molecule is O=C(CCc1ncc(-c2ccc(F)cc2)o1)NCCc1cccc(F)c1. The maximum absolute atomic E-state index is 13.1. The second-order valence-electron chi connectivity index (χ2n) is 5.86. The largest absolute Gasteiger partial charge is 0.441 e. The molecule has 1 heterocycles. The zero-order valence-electron chi connectivity index (χ0n) is 14.0. The molecule has 0 atom stereocenters. The number of benzene rings is 2. The van der Waals surface area contributed by atoms with Crippen LogP contribution in [0.5, 0.6) is 0 Å². The fourth-order valence-electron chi connectivity index (χ4n) is 2.52. The van der Waals surface area contributed by atoms with Crippen molar-refractivity contribution in [1.82, 2.24) is 10.3 Å². The lowest BCUT2D eigenvalue weighted by molar-refractivity contribution is -0.121. The summed E-state index contributed by atoms with van der Waals surface area (Å²) < 4.78 is 31.6. The molecule has 0 aliphatic rings. The molecule has 1 N–H and O–H groups in total. The average Bonchev–Trinajstić information content (AvgIpc) is 3.10. The summed E-state index contributed by atoms with van der Waals surface area (Å²) in [4.78, 5) is 16.0. The Morgan fingerprint density at radius 2 is 1.85 bits per heavy atom. The predicted molar refractivity (Wildman–Crippen MR) is 93.3 cm³/mol. The van der Waals surface area contributed by atoms with Crippen LogP contribution in [0.2, 0.25) is 0 Å². The third-order valence-corrected chi connectivity index (χ3v) is 3.87. The third-order valence-electron chi connectivity index (χ3n) is 3.87. The van der Waals surface area contributed by atoms with Crippen molar-refractivity contribution in [3.05, 3.63) is 77.8 Å². The van der Waals surface area contributed by atoms with Gasteiger partial charge < -0.3 is 9.73 Å². The van der Waals surface area contributed by atoms with Crippen molar-refractivity contribution >= 4 is 5.91 Å². The molecule has 0 unspecified atom stereocenters. The Morgan fingerprint density at radius 3 is 2.62 bits per heavy atom. The van der Waals surface area contributed by atoms with Crippen molar-refractivity contribution in [2.24, 2.45) is 0 Å². The van der Waals surface area contributed by atoms with Gasteiger partial charge in [-0.3, -0.25) is 4.79 Å². The highest BCUT2D eigenvalue weighted by molar-refractivity contribution is 5.76. The first-order valence-corrected chi connectivity index (χ1v) is 8.32. The van der Waals surface area contributed by atoms with E-state index in [0.29, 0.717) is 31.0 Å². The van der Waals surface area contributed by atoms with Gasteiger partial charge in [-0.2, -0.15) is 0 Å². The normalized spacial score (nSPS) is 10.7. The second-order valence-corrected chi connectivity index (χ2v) is 5.86. The number of hydrogen-bond acceptors (Lipinski definition) is 3. The molecule has 134 valence electrons. The standard InChI is InChI=1S/C20H18F2N2O2/c21-16-6-4-15(5-7-16)18-13-24-20(26-18)9-8-19(25)23-11-10-14-2-1-3-17(22)12-14/h1-7,12-13H,8-11H2,(H,23,25). The van der Waals surface area contributed by atoms with Crippen LogP contribution in [-0.2, 0) is 17.6 Å². The highest BCUT2D eigenvalue weighted by atomic mass is 19.1. The third kappa shape index (κ3) is 4.99. The minimum absolute atomic E-state index is 0.122. The molecule has 1 aromatic heterocycles. The Kier molecular flexibility index (Phi) is 5.73. The van der Waals surface area contributed by atoms with Gasteiger partial charge in [-0.1, -0.05) is 12.1 Å². The number of hydrogen-bond donors (Lipinski definition) is 1. The molecule has 0 radical (unpaired) electrons. The van der Waals surface area contributed by atoms with Gasteiger partial charge in [0.15, 0.2) is 11.7 Å². The van der Waals surface area contributed by atoms with Crippen molar-refractivity contribution in [3.8, 4) is 11.3 Å². The van der Waals surface area contributed by atoms with Gasteiger partial charge in [-0.25, -0.2) is 13.8 Å². The summed E-state index contributed by atoms with van der Waals surface area (Å²) in [6.07, 6.45) is 2.74. The maximum Gasteiger partial charge on any atom is 0.220 e. The highest BCUT2D eigenvalue weighted by Crippen LogP contribution is 2.21. The van der Waals surface area contributed by atoms with E-state index in [4.69, 9.17) is 4.42 Å². The molecule has 0 aliphatic heterocycles. The predicted octanol–water partition coefficient (Wildman–Crippen LogP) is 3.91. The first kappa shape index (κ1) is 17.8. The number of amides is 1. The van der Waals surface area contributed by atoms with Gasteiger partial charge in [0, 0.05) is 24.9 Å². The monoisotopic (exact) mass is 356 g/mol. The Labute approximate surface area is 149 Å². The molecule has 0 saturated heterocycles. The summed E-state index contributed by atoms with van der Waals surface area (Å²) in [7, 11) is 0. The summed E-state index contributed by atoms with van der Waals surface area (Å²) in [5.41, 5.74) is 1.56.